The first-order valence-corrected chi connectivity index (χ1v) is 5.67. The summed E-state index contributed by atoms with van der Waals surface area (Å²) in [5.41, 5.74) is 4.44. The van der Waals surface area contributed by atoms with Crippen molar-refractivity contribution in [3.05, 3.63) is 28.8 Å². The Kier molecular flexibility index (Phi) is 2.72. The number of hydrogen-bond donors (Lipinski definition) is 2. The summed E-state index contributed by atoms with van der Waals surface area (Å²) in [5, 5.41) is 6.24. The van der Waals surface area contributed by atoms with Crippen LogP contribution in [0.15, 0.2) is 12.1 Å². The topological polar surface area (TPSA) is 41.1 Å². The molecule has 2 rings (SSSR count). The molecular formula is C13H18N2O. The molecule has 2 N–H and O–H groups in total. The zero-order valence-corrected chi connectivity index (χ0v) is 10.2. The molecule has 16 heavy (non-hydrogen) atoms. The molecular weight excluding hydrogens is 200 g/mol. The van der Waals surface area contributed by atoms with Gasteiger partial charge in [-0.3, -0.25) is 10.1 Å². The van der Waals surface area contributed by atoms with Crippen molar-refractivity contribution in [2.24, 2.45) is 0 Å². The van der Waals surface area contributed by atoms with E-state index < -0.39 is 0 Å². The van der Waals surface area contributed by atoms with E-state index in [-0.39, 0.29) is 11.9 Å². The minimum absolute atomic E-state index is 0.0531. The lowest BCUT2D eigenvalue weighted by atomic mass is 10.0. The summed E-state index contributed by atoms with van der Waals surface area (Å²) in [4.78, 5) is 11.9. The predicted molar refractivity (Wildman–Crippen MR) is 65.6 cm³/mol. The van der Waals surface area contributed by atoms with Crippen LogP contribution in [-0.2, 0) is 4.79 Å². The third-order valence-electron chi connectivity index (χ3n) is 3.09. The van der Waals surface area contributed by atoms with Crippen molar-refractivity contribution in [2.75, 3.05) is 5.32 Å². The molecule has 1 aromatic rings. The molecule has 3 nitrogen and oxygen atoms in total. The van der Waals surface area contributed by atoms with Gasteiger partial charge in [-0.2, -0.15) is 0 Å². The summed E-state index contributed by atoms with van der Waals surface area (Å²) in [6, 6.07) is 4.21. The van der Waals surface area contributed by atoms with E-state index in [1.165, 1.54) is 11.1 Å². The number of aryl methyl sites for hydroxylation is 1. The van der Waals surface area contributed by atoms with E-state index in [9.17, 15) is 4.79 Å². The molecule has 1 heterocycles. The van der Waals surface area contributed by atoms with Gasteiger partial charge in [0.25, 0.3) is 0 Å². The molecule has 1 aromatic carbocycles. The lowest BCUT2D eigenvalue weighted by Gasteiger charge is -2.14. The number of amides is 1. The van der Waals surface area contributed by atoms with Crippen molar-refractivity contribution in [3.63, 3.8) is 0 Å². The van der Waals surface area contributed by atoms with Gasteiger partial charge in [-0.25, -0.2) is 0 Å². The van der Waals surface area contributed by atoms with E-state index in [4.69, 9.17) is 0 Å². The molecule has 0 aromatic heterocycles. The van der Waals surface area contributed by atoms with Crippen LogP contribution in [0.4, 0.5) is 5.69 Å². The molecule has 0 bridgehead atoms. The summed E-state index contributed by atoms with van der Waals surface area (Å²) >= 11 is 0. The standard InChI is InChI=1S/C13H18N2O/c1-7(2)14-12-10-6-5-8(3)9(4)11(10)15-13(12)16/h5-7,12,14H,1-4H3,(H,15,16). The van der Waals surface area contributed by atoms with Gasteiger partial charge in [0.05, 0.1) is 0 Å². The molecule has 0 radical (unpaired) electrons. The zero-order chi connectivity index (χ0) is 11.9. The third kappa shape index (κ3) is 1.71. The highest BCUT2D eigenvalue weighted by Gasteiger charge is 2.31. The predicted octanol–water partition coefficient (Wildman–Crippen LogP) is 2.29. The summed E-state index contributed by atoms with van der Waals surface area (Å²) in [6.07, 6.45) is 0. The van der Waals surface area contributed by atoms with Gasteiger partial charge in [0.1, 0.15) is 6.04 Å². The number of carbonyl (C=O) groups is 1. The molecule has 0 saturated carbocycles. The van der Waals surface area contributed by atoms with Crippen LogP contribution in [0.2, 0.25) is 0 Å². The lowest BCUT2D eigenvalue weighted by molar-refractivity contribution is -0.117. The first-order chi connectivity index (χ1) is 7.50. The molecule has 1 aliphatic rings. The van der Waals surface area contributed by atoms with Gasteiger partial charge in [-0.15, -0.1) is 0 Å². The van der Waals surface area contributed by atoms with Gasteiger partial charge < -0.3 is 5.32 Å². The summed E-state index contributed by atoms with van der Waals surface area (Å²) in [5.74, 6) is 0.0531. The Morgan fingerprint density at radius 3 is 2.62 bits per heavy atom. The average molecular weight is 218 g/mol. The Labute approximate surface area is 96.2 Å². The van der Waals surface area contributed by atoms with Gasteiger partial charge >= 0.3 is 0 Å². The molecule has 0 spiro atoms. The van der Waals surface area contributed by atoms with E-state index in [1.807, 2.05) is 26.8 Å². The van der Waals surface area contributed by atoms with Crippen LogP contribution in [0, 0.1) is 13.8 Å². The number of benzene rings is 1. The largest absolute Gasteiger partial charge is 0.324 e. The van der Waals surface area contributed by atoms with Crippen molar-refractivity contribution >= 4 is 11.6 Å². The van der Waals surface area contributed by atoms with Crippen LogP contribution in [0.3, 0.4) is 0 Å². The fourth-order valence-corrected chi connectivity index (χ4v) is 2.08. The Morgan fingerprint density at radius 2 is 2.00 bits per heavy atom. The summed E-state index contributed by atoms with van der Waals surface area (Å²) in [6.45, 7) is 8.20. The lowest BCUT2D eigenvalue weighted by Crippen LogP contribution is -2.32. The number of anilines is 1. The van der Waals surface area contributed by atoms with Crippen LogP contribution in [0.25, 0.3) is 0 Å². The molecule has 0 fully saturated rings. The summed E-state index contributed by atoms with van der Waals surface area (Å²) < 4.78 is 0. The monoisotopic (exact) mass is 218 g/mol. The van der Waals surface area contributed by atoms with Crippen LogP contribution >= 0.6 is 0 Å². The fourth-order valence-electron chi connectivity index (χ4n) is 2.08. The van der Waals surface area contributed by atoms with Crippen LogP contribution in [0.5, 0.6) is 0 Å². The third-order valence-corrected chi connectivity index (χ3v) is 3.09. The van der Waals surface area contributed by atoms with Crippen LogP contribution < -0.4 is 10.6 Å². The first-order valence-electron chi connectivity index (χ1n) is 5.67. The van der Waals surface area contributed by atoms with Gasteiger partial charge in [-0.05, 0) is 38.8 Å². The highest BCUT2D eigenvalue weighted by molar-refractivity contribution is 6.03. The molecule has 3 heteroatoms. The van der Waals surface area contributed by atoms with Crippen molar-refractivity contribution in [3.8, 4) is 0 Å². The van der Waals surface area contributed by atoms with E-state index in [0.29, 0.717) is 6.04 Å². The summed E-state index contributed by atoms with van der Waals surface area (Å²) in [7, 11) is 0. The Bertz CT molecular complexity index is 438. The second kappa shape index (κ2) is 3.91. The molecule has 1 atom stereocenters. The molecule has 1 aliphatic heterocycles. The Morgan fingerprint density at radius 1 is 1.31 bits per heavy atom. The smallest absolute Gasteiger partial charge is 0.246 e. The molecule has 1 amide bonds. The van der Waals surface area contributed by atoms with E-state index >= 15 is 0 Å². The number of carbonyl (C=O) groups excluding carboxylic acids is 1. The highest BCUT2D eigenvalue weighted by Crippen LogP contribution is 2.35. The Balaban J connectivity index is 2.42. The van der Waals surface area contributed by atoms with Gasteiger partial charge in [0.2, 0.25) is 5.91 Å². The molecule has 1 unspecified atom stereocenters. The second-order valence-electron chi connectivity index (χ2n) is 4.72. The van der Waals surface area contributed by atoms with Crippen molar-refractivity contribution in [1.29, 1.82) is 0 Å². The number of nitrogens with one attached hydrogen (secondary N) is 2. The van der Waals surface area contributed by atoms with Crippen molar-refractivity contribution in [2.45, 2.75) is 39.8 Å². The molecule has 0 aliphatic carbocycles. The van der Waals surface area contributed by atoms with Gasteiger partial charge in [0.15, 0.2) is 0 Å². The van der Waals surface area contributed by atoms with Crippen LogP contribution in [-0.4, -0.2) is 11.9 Å². The first kappa shape index (κ1) is 11.1. The maximum absolute atomic E-state index is 11.9. The van der Waals surface area contributed by atoms with Gasteiger partial charge in [0, 0.05) is 17.3 Å². The Hall–Kier alpha value is -1.35. The maximum Gasteiger partial charge on any atom is 0.246 e. The van der Waals surface area contributed by atoms with E-state index in [0.717, 1.165) is 11.3 Å². The second-order valence-corrected chi connectivity index (χ2v) is 4.72. The highest BCUT2D eigenvalue weighted by atomic mass is 16.2. The maximum atomic E-state index is 11.9. The van der Waals surface area contributed by atoms with E-state index in [1.54, 1.807) is 0 Å². The minimum atomic E-state index is -0.200. The normalized spacial score (nSPS) is 18.8. The van der Waals surface area contributed by atoms with Crippen molar-refractivity contribution in [1.82, 2.24) is 5.32 Å². The van der Waals surface area contributed by atoms with E-state index in [2.05, 4.69) is 23.6 Å². The molecule has 86 valence electrons. The average Bonchev–Trinajstić information content (AvgIpc) is 2.51. The zero-order valence-electron chi connectivity index (χ0n) is 10.2. The number of rotatable bonds is 2. The van der Waals surface area contributed by atoms with Crippen LogP contribution in [0.1, 0.15) is 36.6 Å². The molecule has 0 saturated heterocycles. The number of hydrogen-bond acceptors (Lipinski definition) is 2. The van der Waals surface area contributed by atoms with Gasteiger partial charge in [-0.1, -0.05) is 12.1 Å². The minimum Gasteiger partial charge on any atom is -0.324 e. The quantitative estimate of drug-likeness (QED) is 0.799. The SMILES string of the molecule is Cc1ccc2c(c1C)NC(=O)C2NC(C)C. The number of fused-ring (bicyclic) bond motifs is 1. The fraction of sp³-hybridized carbons (Fsp3) is 0.462. The van der Waals surface area contributed by atoms with Crippen molar-refractivity contribution < 1.29 is 4.79 Å².